The van der Waals surface area contributed by atoms with E-state index >= 15 is 0 Å². The summed E-state index contributed by atoms with van der Waals surface area (Å²) in [7, 11) is 0. The number of rotatable bonds is 5. The molecule has 0 aliphatic carbocycles. The highest BCUT2D eigenvalue weighted by molar-refractivity contribution is 6.31. The van der Waals surface area contributed by atoms with E-state index in [-0.39, 0.29) is 17.5 Å². The molecule has 4 rings (SSSR count). The van der Waals surface area contributed by atoms with Crippen molar-refractivity contribution in [3.63, 3.8) is 0 Å². The Morgan fingerprint density at radius 1 is 1.24 bits per heavy atom. The lowest BCUT2D eigenvalue weighted by Gasteiger charge is -2.14. The fourth-order valence-corrected chi connectivity index (χ4v) is 3.43. The van der Waals surface area contributed by atoms with E-state index < -0.39 is 5.76 Å². The van der Waals surface area contributed by atoms with Crippen LogP contribution in [0.5, 0.6) is 0 Å². The number of halogens is 1. The molecular formula is C20H20ClN5O3. The van der Waals surface area contributed by atoms with E-state index in [9.17, 15) is 9.59 Å². The molecule has 0 radical (unpaired) electrons. The Hall–Kier alpha value is -3.13. The van der Waals surface area contributed by atoms with E-state index in [0.29, 0.717) is 39.8 Å². The molecule has 9 heteroatoms. The molecule has 8 nitrogen and oxygen atoms in total. The molecule has 2 N–H and O–H groups in total. The molecule has 3 aromatic heterocycles. The summed E-state index contributed by atoms with van der Waals surface area (Å²) < 4.78 is 6.70. The van der Waals surface area contributed by atoms with Gasteiger partial charge < -0.3 is 14.7 Å². The number of nitrogens with one attached hydrogen (secondary N) is 2. The van der Waals surface area contributed by atoms with Gasteiger partial charge in [0.15, 0.2) is 11.2 Å². The summed E-state index contributed by atoms with van der Waals surface area (Å²) >= 11 is 6.06. The molecule has 0 spiro atoms. The second-order valence-electron chi connectivity index (χ2n) is 7.41. The van der Waals surface area contributed by atoms with Crippen LogP contribution in [0.4, 0.5) is 5.95 Å². The van der Waals surface area contributed by atoms with Crippen molar-refractivity contribution < 1.29 is 4.42 Å². The minimum Gasteiger partial charge on any atom is -0.404 e. The van der Waals surface area contributed by atoms with Gasteiger partial charge in [0, 0.05) is 28.0 Å². The molecule has 4 aromatic rings. The van der Waals surface area contributed by atoms with Gasteiger partial charge in [0.1, 0.15) is 0 Å². The number of oxazole rings is 1. The molecule has 1 aromatic carbocycles. The Labute approximate surface area is 170 Å². The smallest absolute Gasteiger partial charge is 0.404 e. The summed E-state index contributed by atoms with van der Waals surface area (Å²) in [5.41, 5.74) is 1.78. The molecule has 29 heavy (non-hydrogen) atoms. The second kappa shape index (κ2) is 7.36. The molecule has 0 bridgehead atoms. The number of aromatic nitrogens is 4. The normalized spacial score (nSPS) is 12.7. The first-order chi connectivity index (χ1) is 13.8. The fraction of sp³-hybridized carbons (Fsp3) is 0.300. The molecule has 3 heterocycles. The van der Waals surface area contributed by atoms with E-state index in [0.717, 1.165) is 5.39 Å². The Morgan fingerprint density at radius 3 is 2.79 bits per heavy atom. The number of fused-ring (bicyclic) bond motifs is 2. The maximum atomic E-state index is 12.5. The van der Waals surface area contributed by atoms with Gasteiger partial charge in [-0.05, 0) is 37.1 Å². The predicted octanol–water partition coefficient (Wildman–Crippen LogP) is 3.71. The standard InChI is InChI=1S/C20H20ClN5O3/c1-10(2)9-26-17-16(29-20(26)28)8-22-19(25-17)23-11(3)14-7-12-6-13(21)4-5-15(12)24-18(14)27/h4-8,10-11H,9H2,1-3H3,(H,24,27)(H,22,23,25)/t11-/m0/s1. The largest absolute Gasteiger partial charge is 0.421 e. The van der Waals surface area contributed by atoms with Crippen LogP contribution in [-0.2, 0) is 6.54 Å². The van der Waals surface area contributed by atoms with Crippen molar-refractivity contribution in [2.45, 2.75) is 33.4 Å². The highest BCUT2D eigenvalue weighted by Crippen LogP contribution is 2.21. The molecule has 0 fully saturated rings. The van der Waals surface area contributed by atoms with Gasteiger partial charge >= 0.3 is 5.76 Å². The van der Waals surface area contributed by atoms with Gasteiger partial charge in [0.05, 0.1) is 12.2 Å². The van der Waals surface area contributed by atoms with Crippen LogP contribution in [0.25, 0.3) is 22.1 Å². The topological polar surface area (TPSA) is 106 Å². The molecule has 1 atom stereocenters. The lowest BCUT2D eigenvalue weighted by molar-refractivity contribution is 0.458. The third-order valence-electron chi connectivity index (χ3n) is 4.60. The summed E-state index contributed by atoms with van der Waals surface area (Å²) in [6.45, 7) is 6.34. The van der Waals surface area contributed by atoms with Crippen molar-refractivity contribution in [2.24, 2.45) is 5.92 Å². The van der Waals surface area contributed by atoms with Crippen LogP contribution in [0, 0.1) is 5.92 Å². The van der Waals surface area contributed by atoms with Crippen molar-refractivity contribution in [1.29, 1.82) is 0 Å². The molecule has 150 valence electrons. The van der Waals surface area contributed by atoms with Crippen molar-refractivity contribution in [3.8, 4) is 0 Å². The van der Waals surface area contributed by atoms with Crippen LogP contribution >= 0.6 is 11.6 Å². The first-order valence-electron chi connectivity index (χ1n) is 9.27. The molecule has 0 amide bonds. The van der Waals surface area contributed by atoms with Gasteiger partial charge in [-0.25, -0.2) is 9.78 Å². The number of nitrogens with zero attached hydrogens (tertiary/aromatic N) is 3. The number of benzene rings is 1. The highest BCUT2D eigenvalue weighted by atomic mass is 35.5. The Morgan fingerprint density at radius 2 is 2.03 bits per heavy atom. The maximum absolute atomic E-state index is 12.5. The SMILES string of the molecule is CC(C)Cn1c(=O)oc2cnc(N[C@@H](C)c3cc4cc(Cl)ccc4[nH]c3=O)nc21. The number of hydrogen-bond donors (Lipinski definition) is 2. The van der Waals surface area contributed by atoms with Crippen LogP contribution in [0.1, 0.15) is 32.4 Å². The summed E-state index contributed by atoms with van der Waals surface area (Å²) in [6, 6.07) is 6.71. The number of aromatic amines is 1. The number of pyridine rings is 1. The zero-order valence-corrected chi connectivity index (χ0v) is 16.9. The van der Waals surface area contributed by atoms with Crippen LogP contribution in [0.3, 0.4) is 0 Å². The highest BCUT2D eigenvalue weighted by Gasteiger charge is 2.16. The van der Waals surface area contributed by atoms with Crippen LogP contribution in [0.2, 0.25) is 5.02 Å². The van der Waals surface area contributed by atoms with Crippen LogP contribution in [0.15, 0.2) is 44.5 Å². The lowest BCUT2D eigenvalue weighted by Crippen LogP contribution is -2.21. The molecular weight excluding hydrogens is 394 g/mol. The van der Waals surface area contributed by atoms with E-state index in [4.69, 9.17) is 16.0 Å². The van der Waals surface area contributed by atoms with Crippen molar-refractivity contribution in [3.05, 3.63) is 62.0 Å². The molecule has 0 unspecified atom stereocenters. The Kier molecular flexibility index (Phi) is 4.87. The summed E-state index contributed by atoms with van der Waals surface area (Å²) in [5, 5.41) is 4.55. The van der Waals surface area contributed by atoms with Crippen LogP contribution in [-0.4, -0.2) is 19.5 Å². The Balaban J connectivity index is 1.69. The summed E-state index contributed by atoms with van der Waals surface area (Å²) in [5.74, 6) is 0.0896. The molecule has 0 saturated carbocycles. The van der Waals surface area contributed by atoms with Gasteiger partial charge in [0.25, 0.3) is 5.56 Å². The fourth-order valence-electron chi connectivity index (χ4n) is 3.25. The second-order valence-corrected chi connectivity index (χ2v) is 7.84. The summed E-state index contributed by atoms with van der Waals surface area (Å²) in [6.07, 6.45) is 1.46. The average Bonchev–Trinajstić information content (AvgIpc) is 2.96. The minimum absolute atomic E-state index is 0.207. The quantitative estimate of drug-likeness (QED) is 0.516. The summed E-state index contributed by atoms with van der Waals surface area (Å²) in [4.78, 5) is 36.1. The number of hydrogen-bond acceptors (Lipinski definition) is 6. The monoisotopic (exact) mass is 413 g/mol. The van der Waals surface area contributed by atoms with E-state index in [2.05, 4.69) is 20.3 Å². The van der Waals surface area contributed by atoms with Gasteiger partial charge in [-0.3, -0.25) is 9.36 Å². The van der Waals surface area contributed by atoms with Crippen LogP contribution < -0.4 is 16.6 Å². The zero-order chi connectivity index (χ0) is 20.7. The van der Waals surface area contributed by atoms with E-state index in [1.807, 2.05) is 20.8 Å². The van der Waals surface area contributed by atoms with Crippen molar-refractivity contribution in [1.82, 2.24) is 19.5 Å². The van der Waals surface area contributed by atoms with Gasteiger partial charge in [-0.1, -0.05) is 25.4 Å². The zero-order valence-electron chi connectivity index (χ0n) is 16.2. The van der Waals surface area contributed by atoms with E-state index in [1.54, 1.807) is 24.3 Å². The average molecular weight is 414 g/mol. The van der Waals surface area contributed by atoms with Gasteiger partial charge in [-0.2, -0.15) is 4.98 Å². The van der Waals surface area contributed by atoms with Crippen molar-refractivity contribution in [2.75, 3.05) is 5.32 Å². The van der Waals surface area contributed by atoms with Gasteiger partial charge in [0.2, 0.25) is 5.95 Å². The van der Waals surface area contributed by atoms with E-state index in [1.165, 1.54) is 10.8 Å². The number of H-pyrrole nitrogens is 1. The Bertz CT molecular complexity index is 1320. The van der Waals surface area contributed by atoms with Gasteiger partial charge in [-0.15, -0.1) is 0 Å². The third kappa shape index (κ3) is 3.75. The maximum Gasteiger partial charge on any atom is 0.421 e. The first-order valence-corrected chi connectivity index (χ1v) is 9.65. The lowest BCUT2D eigenvalue weighted by atomic mass is 10.1. The number of anilines is 1. The predicted molar refractivity (Wildman–Crippen MR) is 113 cm³/mol. The molecule has 0 aliphatic heterocycles. The first kappa shape index (κ1) is 19.2. The third-order valence-corrected chi connectivity index (χ3v) is 4.84. The minimum atomic E-state index is -0.462. The molecule has 0 saturated heterocycles. The molecule has 0 aliphatic rings. The van der Waals surface area contributed by atoms with Crippen molar-refractivity contribution >= 4 is 39.7 Å².